The van der Waals surface area contributed by atoms with Crippen LogP contribution in [0.2, 0.25) is 0 Å². The van der Waals surface area contributed by atoms with E-state index in [0.29, 0.717) is 0 Å². The van der Waals surface area contributed by atoms with Gasteiger partial charge in [-0.05, 0) is 0 Å². The highest BCUT2D eigenvalue weighted by molar-refractivity contribution is 7.10. The predicted molar refractivity (Wildman–Crippen MR) is 37.6 cm³/mol. The van der Waals surface area contributed by atoms with Crippen molar-refractivity contribution >= 4 is 21.3 Å². The maximum atomic E-state index is 10.5. The fraction of sp³-hybridized carbons (Fsp3) is 0.500. The second-order valence-corrected chi connectivity index (χ2v) is 1.95. The molecule has 0 aromatic heterocycles. The summed E-state index contributed by atoms with van der Waals surface area (Å²) in [5.41, 5.74) is 9.89. The van der Waals surface area contributed by atoms with Gasteiger partial charge in [0.15, 0.2) is 0 Å². The lowest BCUT2D eigenvalue weighted by molar-refractivity contribution is -0.136. The van der Waals surface area contributed by atoms with Crippen LogP contribution in [-0.4, -0.2) is 17.9 Å². The Kier molecular flexibility index (Phi) is 3.91. The lowest BCUT2D eigenvalue weighted by atomic mass is 10.2. The van der Waals surface area contributed by atoms with Crippen LogP contribution in [0.25, 0.3) is 0 Å². The maximum absolute atomic E-state index is 10.5. The lowest BCUT2D eigenvalue weighted by Crippen LogP contribution is -2.35. The zero-order chi connectivity index (χ0) is 8.15. The second-order valence-electron chi connectivity index (χ2n) is 1.71. The van der Waals surface area contributed by atoms with Gasteiger partial charge in [-0.3, -0.25) is 9.59 Å². The van der Waals surface area contributed by atoms with Crippen molar-refractivity contribution in [2.24, 2.45) is 11.5 Å². The van der Waals surface area contributed by atoms with Crippen LogP contribution >= 0.6 is 9.47 Å². The van der Waals surface area contributed by atoms with Gasteiger partial charge in [-0.25, -0.2) is 0 Å². The van der Waals surface area contributed by atoms with Gasteiger partial charge in [0.25, 0.3) is 0 Å². The van der Waals surface area contributed by atoms with Crippen LogP contribution in [0, 0.1) is 0 Å². The molecule has 0 saturated heterocycles. The number of carbonyl (C=O) groups is 2. The molecule has 4 N–H and O–H groups in total. The summed E-state index contributed by atoms with van der Waals surface area (Å²) in [7, 11) is 1.74. The van der Waals surface area contributed by atoms with Crippen molar-refractivity contribution in [1.29, 1.82) is 0 Å². The van der Waals surface area contributed by atoms with E-state index in [4.69, 9.17) is 11.5 Å². The lowest BCUT2D eigenvalue weighted by Gasteiger charge is -2.04. The highest BCUT2D eigenvalue weighted by atomic mass is 31.0. The predicted octanol–water partition coefficient (Wildman–Crippen LogP) is -1.48. The first-order valence-corrected chi connectivity index (χ1v) is 2.99. The van der Waals surface area contributed by atoms with E-state index in [-0.39, 0.29) is 6.42 Å². The molecule has 5 nitrogen and oxygen atoms in total. The van der Waals surface area contributed by atoms with Crippen molar-refractivity contribution < 1.29 is 14.1 Å². The Morgan fingerprint density at radius 3 is 2.40 bits per heavy atom. The standard InChI is InChI=1S/C4H9N2O3P/c5-2(1-3(6)7)4(8)9-10/h2H,1,5,10H2,(H2,6,7)/t2-/m0/s1. The Morgan fingerprint density at radius 2 is 2.10 bits per heavy atom. The number of primary amides is 1. The van der Waals surface area contributed by atoms with E-state index in [9.17, 15) is 9.59 Å². The second kappa shape index (κ2) is 4.19. The first kappa shape index (κ1) is 9.33. The normalized spacial score (nSPS) is 12.2. The van der Waals surface area contributed by atoms with Crippen molar-refractivity contribution in [3.63, 3.8) is 0 Å². The molecule has 0 bridgehead atoms. The largest absolute Gasteiger partial charge is 0.450 e. The molecule has 58 valence electrons. The Hall–Kier alpha value is -0.670. The van der Waals surface area contributed by atoms with E-state index in [1.54, 1.807) is 9.47 Å². The Labute approximate surface area is 60.4 Å². The molecule has 0 aliphatic carbocycles. The molecule has 1 unspecified atom stereocenters. The molecule has 6 heteroatoms. The van der Waals surface area contributed by atoms with Gasteiger partial charge in [0, 0.05) is 0 Å². The minimum Gasteiger partial charge on any atom is -0.450 e. The molecule has 0 heterocycles. The van der Waals surface area contributed by atoms with E-state index in [1.807, 2.05) is 0 Å². The summed E-state index contributed by atoms with van der Waals surface area (Å²) in [5, 5.41) is 0. The van der Waals surface area contributed by atoms with Crippen molar-refractivity contribution in [3.05, 3.63) is 0 Å². The fourth-order valence-corrected chi connectivity index (χ4v) is 0.562. The highest BCUT2D eigenvalue weighted by Crippen LogP contribution is 1.94. The van der Waals surface area contributed by atoms with Crippen molar-refractivity contribution in [2.75, 3.05) is 0 Å². The van der Waals surface area contributed by atoms with Crippen LogP contribution in [-0.2, 0) is 14.1 Å². The third-order valence-electron chi connectivity index (χ3n) is 0.840. The summed E-state index contributed by atoms with van der Waals surface area (Å²) in [6, 6.07) is -0.949. The van der Waals surface area contributed by atoms with Crippen molar-refractivity contribution in [1.82, 2.24) is 0 Å². The Balaban J connectivity index is 3.72. The van der Waals surface area contributed by atoms with Gasteiger partial charge in [-0.1, -0.05) is 0 Å². The molecule has 1 amide bonds. The van der Waals surface area contributed by atoms with Crippen LogP contribution in [0.4, 0.5) is 0 Å². The van der Waals surface area contributed by atoms with Gasteiger partial charge in [-0.2, -0.15) is 0 Å². The monoisotopic (exact) mass is 164 g/mol. The quantitative estimate of drug-likeness (QED) is 0.497. The third kappa shape index (κ3) is 3.37. The highest BCUT2D eigenvalue weighted by Gasteiger charge is 2.15. The first-order chi connectivity index (χ1) is 4.57. The minimum atomic E-state index is -0.949. The minimum absolute atomic E-state index is 0.187. The molecular formula is C4H9N2O3P. The molecule has 0 aliphatic rings. The maximum Gasteiger partial charge on any atom is 0.325 e. The molecule has 0 rings (SSSR count). The van der Waals surface area contributed by atoms with Crippen molar-refractivity contribution in [3.8, 4) is 0 Å². The van der Waals surface area contributed by atoms with E-state index in [2.05, 4.69) is 4.52 Å². The Bertz CT molecular complexity index is 149. The van der Waals surface area contributed by atoms with Crippen LogP contribution in [0.15, 0.2) is 0 Å². The summed E-state index contributed by atoms with van der Waals surface area (Å²) in [5.74, 6) is -1.29. The van der Waals surface area contributed by atoms with Crippen LogP contribution in [0.1, 0.15) is 6.42 Å². The van der Waals surface area contributed by atoms with Gasteiger partial charge in [-0.15, -0.1) is 0 Å². The molecule has 0 aliphatic heterocycles. The number of nitrogens with two attached hydrogens (primary N) is 2. The van der Waals surface area contributed by atoms with Crippen LogP contribution in [0.3, 0.4) is 0 Å². The number of hydrogen-bond acceptors (Lipinski definition) is 4. The molecule has 0 aromatic carbocycles. The number of rotatable bonds is 3. The van der Waals surface area contributed by atoms with Crippen molar-refractivity contribution in [2.45, 2.75) is 12.5 Å². The smallest absolute Gasteiger partial charge is 0.325 e. The SMILES string of the molecule is NC(=O)C[C@H](N)C(=O)OP. The Morgan fingerprint density at radius 1 is 1.60 bits per heavy atom. The van der Waals surface area contributed by atoms with E-state index < -0.39 is 17.9 Å². The zero-order valence-corrected chi connectivity index (χ0v) is 6.40. The summed E-state index contributed by atoms with van der Waals surface area (Å²) in [6.45, 7) is 0. The van der Waals surface area contributed by atoms with E-state index in [0.717, 1.165) is 0 Å². The van der Waals surface area contributed by atoms with Gasteiger partial charge in [0.05, 0.1) is 15.9 Å². The molecule has 0 radical (unpaired) electrons. The summed E-state index contributed by atoms with van der Waals surface area (Å²) in [4.78, 5) is 20.6. The first-order valence-electron chi connectivity index (χ1n) is 2.52. The number of amides is 1. The molecule has 0 fully saturated rings. The number of hydrogen-bond donors (Lipinski definition) is 2. The molecule has 0 aromatic rings. The summed E-state index contributed by atoms with van der Waals surface area (Å²) < 4.78 is 4.16. The van der Waals surface area contributed by atoms with Gasteiger partial charge >= 0.3 is 5.97 Å². The van der Waals surface area contributed by atoms with Crippen LogP contribution in [0.5, 0.6) is 0 Å². The summed E-state index contributed by atoms with van der Waals surface area (Å²) >= 11 is 0. The fourth-order valence-electron chi connectivity index (χ4n) is 0.387. The molecule has 2 atom stereocenters. The average Bonchev–Trinajstić information content (AvgIpc) is 1.85. The van der Waals surface area contributed by atoms with Gasteiger partial charge in [0.1, 0.15) is 6.04 Å². The molecule has 0 spiro atoms. The zero-order valence-electron chi connectivity index (χ0n) is 5.24. The number of carbonyl (C=O) groups excluding carboxylic acids is 2. The van der Waals surface area contributed by atoms with E-state index in [1.165, 1.54) is 0 Å². The van der Waals surface area contributed by atoms with Gasteiger partial charge in [0.2, 0.25) is 5.91 Å². The molecule has 10 heavy (non-hydrogen) atoms. The topological polar surface area (TPSA) is 95.4 Å². The molecular weight excluding hydrogens is 155 g/mol. The van der Waals surface area contributed by atoms with Crippen LogP contribution < -0.4 is 11.5 Å². The average molecular weight is 164 g/mol. The summed E-state index contributed by atoms with van der Waals surface area (Å²) in [6.07, 6.45) is -0.187. The van der Waals surface area contributed by atoms with E-state index >= 15 is 0 Å². The molecule has 0 saturated carbocycles. The third-order valence-corrected chi connectivity index (χ3v) is 1.07. The van der Waals surface area contributed by atoms with Gasteiger partial charge < -0.3 is 16.0 Å².